The Bertz CT molecular complexity index is 451. The van der Waals surface area contributed by atoms with Gasteiger partial charge in [-0.3, -0.25) is 9.48 Å². The number of aliphatic carboxylic acids is 1. The molecule has 0 aliphatic heterocycles. The number of carbonyl (C=O) groups is 2. The Hall–Kier alpha value is -2.05. The van der Waals surface area contributed by atoms with Gasteiger partial charge in [0.15, 0.2) is 0 Å². The SMILES string of the molecule is CC(C)(C)N(CCC(=O)O)C(=O)NCCCn1cccn1. The summed E-state index contributed by atoms with van der Waals surface area (Å²) in [4.78, 5) is 24.4. The van der Waals surface area contributed by atoms with Crippen LogP contribution in [0.4, 0.5) is 4.79 Å². The van der Waals surface area contributed by atoms with Crippen LogP contribution in [-0.2, 0) is 11.3 Å². The highest BCUT2D eigenvalue weighted by molar-refractivity contribution is 5.76. The Kier molecular flexibility index (Phi) is 6.20. The zero-order valence-electron chi connectivity index (χ0n) is 12.9. The van der Waals surface area contributed by atoms with Crippen LogP contribution in [0, 0.1) is 0 Å². The van der Waals surface area contributed by atoms with Gasteiger partial charge in [-0.15, -0.1) is 0 Å². The van der Waals surface area contributed by atoms with Crippen LogP contribution in [0.2, 0.25) is 0 Å². The highest BCUT2D eigenvalue weighted by atomic mass is 16.4. The second-order valence-electron chi connectivity index (χ2n) is 5.82. The van der Waals surface area contributed by atoms with Crippen molar-refractivity contribution >= 4 is 12.0 Å². The number of nitrogens with one attached hydrogen (secondary N) is 1. The maximum atomic E-state index is 12.2. The van der Waals surface area contributed by atoms with E-state index in [0.717, 1.165) is 13.0 Å². The molecule has 0 bridgehead atoms. The van der Waals surface area contributed by atoms with Gasteiger partial charge < -0.3 is 15.3 Å². The lowest BCUT2D eigenvalue weighted by Crippen LogP contribution is -2.51. The van der Waals surface area contributed by atoms with E-state index >= 15 is 0 Å². The zero-order chi connectivity index (χ0) is 15.9. The minimum absolute atomic E-state index is 0.0576. The summed E-state index contributed by atoms with van der Waals surface area (Å²) in [5.41, 5.74) is -0.415. The van der Waals surface area contributed by atoms with Crippen LogP contribution >= 0.6 is 0 Å². The molecule has 0 aromatic carbocycles. The van der Waals surface area contributed by atoms with Gasteiger partial charge >= 0.3 is 12.0 Å². The molecule has 1 rings (SSSR count). The molecule has 0 unspecified atom stereocenters. The lowest BCUT2D eigenvalue weighted by Gasteiger charge is -2.35. The lowest BCUT2D eigenvalue weighted by atomic mass is 10.1. The molecule has 21 heavy (non-hydrogen) atoms. The van der Waals surface area contributed by atoms with Crippen LogP contribution in [0.1, 0.15) is 33.6 Å². The first-order valence-electron chi connectivity index (χ1n) is 7.05. The number of hydrogen-bond acceptors (Lipinski definition) is 3. The summed E-state index contributed by atoms with van der Waals surface area (Å²) >= 11 is 0. The number of rotatable bonds is 7. The quantitative estimate of drug-likeness (QED) is 0.747. The average Bonchev–Trinajstić information content (AvgIpc) is 2.85. The molecular formula is C14H24N4O3. The van der Waals surface area contributed by atoms with Gasteiger partial charge in [0.25, 0.3) is 0 Å². The first-order valence-corrected chi connectivity index (χ1v) is 7.05. The van der Waals surface area contributed by atoms with E-state index in [1.807, 2.05) is 33.0 Å². The number of urea groups is 1. The van der Waals surface area contributed by atoms with Crippen molar-refractivity contribution in [2.45, 2.75) is 45.7 Å². The Labute approximate surface area is 124 Å². The summed E-state index contributed by atoms with van der Waals surface area (Å²) in [5, 5.41) is 15.7. The maximum absolute atomic E-state index is 12.2. The molecule has 0 aliphatic carbocycles. The van der Waals surface area contributed by atoms with Crippen molar-refractivity contribution in [3.63, 3.8) is 0 Å². The van der Waals surface area contributed by atoms with Crippen molar-refractivity contribution in [1.29, 1.82) is 0 Å². The van der Waals surface area contributed by atoms with E-state index in [-0.39, 0.29) is 19.0 Å². The van der Waals surface area contributed by atoms with Crippen LogP contribution in [0.3, 0.4) is 0 Å². The third-order valence-electron chi connectivity index (χ3n) is 3.00. The van der Waals surface area contributed by atoms with Crippen molar-refractivity contribution in [3.8, 4) is 0 Å². The molecule has 118 valence electrons. The number of aryl methyl sites for hydroxylation is 1. The van der Waals surface area contributed by atoms with Crippen LogP contribution in [-0.4, -0.2) is 50.4 Å². The van der Waals surface area contributed by atoms with Crippen LogP contribution in [0.25, 0.3) is 0 Å². The van der Waals surface area contributed by atoms with Crippen molar-refractivity contribution < 1.29 is 14.7 Å². The van der Waals surface area contributed by atoms with Crippen LogP contribution < -0.4 is 5.32 Å². The molecule has 0 atom stereocenters. The molecule has 0 spiro atoms. The maximum Gasteiger partial charge on any atom is 0.317 e. The summed E-state index contributed by atoms with van der Waals surface area (Å²) in [6, 6.07) is 1.62. The van der Waals surface area contributed by atoms with Gasteiger partial charge in [-0.1, -0.05) is 0 Å². The molecule has 2 amide bonds. The van der Waals surface area contributed by atoms with Crippen molar-refractivity contribution in [2.24, 2.45) is 0 Å². The Morgan fingerprint density at radius 1 is 1.38 bits per heavy atom. The number of hydrogen-bond donors (Lipinski definition) is 2. The molecule has 1 aromatic rings. The fourth-order valence-electron chi connectivity index (χ4n) is 1.91. The minimum Gasteiger partial charge on any atom is -0.481 e. The summed E-state index contributed by atoms with van der Waals surface area (Å²) in [7, 11) is 0. The molecule has 7 heteroatoms. The third kappa shape index (κ3) is 6.29. The Balaban J connectivity index is 2.39. The largest absolute Gasteiger partial charge is 0.481 e. The lowest BCUT2D eigenvalue weighted by molar-refractivity contribution is -0.137. The van der Waals surface area contributed by atoms with Crippen molar-refractivity contribution in [1.82, 2.24) is 20.0 Å². The fourth-order valence-corrected chi connectivity index (χ4v) is 1.91. The molecule has 1 aromatic heterocycles. The molecule has 0 saturated heterocycles. The van der Waals surface area contributed by atoms with E-state index in [1.165, 1.54) is 0 Å². The van der Waals surface area contributed by atoms with E-state index in [2.05, 4.69) is 10.4 Å². The predicted molar refractivity (Wildman–Crippen MR) is 79.0 cm³/mol. The normalized spacial score (nSPS) is 11.2. The predicted octanol–water partition coefficient (Wildman–Crippen LogP) is 1.56. The van der Waals surface area contributed by atoms with E-state index in [4.69, 9.17) is 5.11 Å². The Morgan fingerprint density at radius 3 is 2.62 bits per heavy atom. The highest BCUT2D eigenvalue weighted by Gasteiger charge is 2.26. The van der Waals surface area contributed by atoms with E-state index in [1.54, 1.807) is 15.8 Å². The molecular weight excluding hydrogens is 272 g/mol. The number of carboxylic acid groups (broad SMARTS) is 1. The fraction of sp³-hybridized carbons (Fsp3) is 0.643. The highest BCUT2D eigenvalue weighted by Crippen LogP contribution is 2.13. The molecule has 7 nitrogen and oxygen atoms in total. The Morgan fingerprint density at radius 2 is 2.10 bits per heavy atom. The topological polar surface area (TPSA) is 87.5 Å². The average molecular weight is 296 g/mol. The number of amides is 2. The second kappa shape index (κ2) is 7.66. The molecule has 0 radical (unpaired) electrons. The minimum atomic E-state index is -0.907. The van der Waals surface area contributed by atoms with Gasteiger partial charge in [0.05, 0.1) is 6.42 Å². The molecule has 1 heterocycles. The van der Waals surface area contributed by atoms with Crippen LogP contribution in [0.15, 0.2) is 18.5 Å². The zero-order valence-corrected chi connectivity index (χ0v) is 12.9. The summed E-state index contributed by atoms with van der Waals surface area (Å²) in [6.45, 7) is 7.12. The monoisotopic (exact) mass is 296 g/mol. The van der Waals surface area contributed by atoms with Crippen LogP contribution in [0.5, 0.6) is 0 Å². The van der Waals surface area contributed by atoms with Crippen molar-refractivity contribution in [2.75, 3.05) is 13.1 Å². The van der Waals surface area contributed by atoms with Gasteiger partial charge in [0, 0.05) is 37.6 Å². The molecule has 0 aliphatic rings. The smallest absolute Gasteiger partial charge is 0.317 e. The second-order valence-corrected chi connectivity index (χ2v) is 5.82. The summed E-state index contributed by atoms with van der Waals surface area (Å²) in [6.07, 6.45) is 4.30. The van der Waals surface area contributed by atoms with Gasteiger partial charge in [-0.2, -0.15) is 5.10 Å². The van der Waals surface area contributed by atoms with E-state index in [9.17, 15) is 9.59 Å². The van der Waals surface area contributed by atoms with Crippen molar-refractivity contribution in [3.05, 3.63) is 18.5 Å². The molecule has 0 saturated carbocycles. The first-order chi connectivity index (χ1) is 9.80. The van der Waals surface area contributed by atoms with Gasteiger partial charge in [-0.05, 0) is 33.3 Å². The number of carboxylic acids is 1. The number of aromatic nitrogens is 2. The summed E-state index contributed by atoms with van der Waals surface area (Å²) in [5.74, 6) is -0.907. The molecule has 0 fully saturated rings. The van der Waals surface area contributed by atoms with Gasteiger partial charge in [0.2, 0.25) is 0 Å². The van der Waals surface area contributed by atoms with E-state index in [0.29, 0.717) is 6.54 Å². The first kappa shape index (κ1) is 17.0. The van der Waals surface area contributed by atoms with Gasteiger partial charge in [0.1, 0.15) is 0 Å². The number of nitrogens with zero attached hydrogens (tertiary/aromatic N) is 3. The third-order valence-corrected chi connectivity index (χ3v) is 3.00. The number of carbonyl (C=O) groups excluding carboxylic acids is 1. The van der Waals surface area contributed by atoms with E-state index < -0.39 is 11.5 Å². The molecule has 2 N–H and O–H groups in total. The standard InChI is InChI=1S/C14H24N4O3/c1-14(2,3)18(11-6-12(19)20)13(21)15-7-4-9-17-10-5-8-16-17/h5,8,10H,4,6-7,9,11H2,1-3H3,(H,15,21)(H,19,20). The van der Waals surface area contributed by atoms with Gasteiger partial charge in [-0.25, -0.2) is 4.79 Å². The summed E-state index contributed by atoms with van der Waals surface area (Å²) < 4.78 is 1.80.